The Balaban J connectivity index is 1.69. The molecular weight excluding hydrogens is 217 g/mol. The van der Waals surface area contributed by atoms with Crippen LogP contribution >= 0.6 is 0 Å². The van der Waals surface area contributed by atoms with Crippen molar-refractivity contribution < 1.29 is 14.0 Å². The Morgan fingerprint density at radius 2 is 1.82 bits per heavy atom. The van der Waals surface area contributed by atoms with Crippen molar-refractivity contribution in [2.45, 2.75) is 45.3 Å². The smallest absolute Gasteiger partial charge is 0.384 e. The summed E-state index contributed by atoms with van der Waals surface area (Å²) in [6.07, 6.45) is 2.08. The molecule has 0 spiro atoms. The summed E-state index contributed by atoms with van der Waals surface area (Å²) in [4.78, 5) is 0. The van der Waals surface area contributed by atoms with Gasteiger partial charge in [-0.25, -0.2) is 0 Å². The Labute approximate surface area is 103 Å². The van der Waals surface area contributed by atoms with E-state index in [1.165, 1.54) is 0 Å². The molecule has 4 nitrogen and oxygen atoms in total. The Kier molecular flexibility index (Phi) is 2.60. The number of nitrogens with two attached hydrogens (primary N) is 1. The van der Waals surface area contributed by atoms with Crippen LogP contribution in [-0.2, 0) is 14.0 Å². The van der Waals surface area contributed by atoms with E-state index in [-0.39, 0.29) is 11.6 Å². The van der Waals surface area contributed by atoms with E-state index in [4.69, 9.17) is 19.7 Å². The molecule has 0 aromatic carbocycles. The predicted molar refractivity (Wildman–Crippen MR) is 65.1 cm³/mol. The van der Waals surface area contributed by atoms with E-state index >= 15 is 0 Å². The number of fused-ring (bicyclic) bond motifs is 1. The molecule has 1 saturated heterocycles. The lowest BCUT2D eigenvalue weighted by Crippen LogP contribution is -2.53. The molecule has 17 heavy (non-hydrogen) atoms. The lowest BCUT2D eigenvalue weighted by atomic mass is 9.81. The zero-order valence-corrected chi connectivity index (χ0v) is 10.9. The molecular formula is C12H22BNO3. The highest BCUT2D eigenvalue weighted by Crippen LogP contribution is 2.66. The highest BCUT2D eigenvalue weighted by molar-refractivity contribution is 6.37. The molecule has 1 heterocycles. The van der Waals surface area contributed by atoms with Gasteiger partial charge < -0.3 is 19.7 Å². The zero-order chi connectivity index (χ0) is 12.3. The molecule has 3 fully saturated rings. The maximum Gasteiger partial charge on any atom is 0.640 e. The fourth-order valence-corrected chi connectivity index (χ4v) is 3.60. The fraction of sp³-hybridized carbons (Fsp3) is 1.00. The van der Waals surface area contributed by atoms with Crippen LogP contribution in [0, 0.1) is 17.3 Å². The van der Waals surface area contributed by atoms with Crippen LogP contribution in [-0.4, -0.2) is 32.2 Å². The molecule has 2 saturated carbocycles. The van der Waals surface area contributed by atoms with E-state index < -0.39 is 7.32 Å². The van der Waals surface area contributed by atoms with Gasteiger partial charge in [-0.2, -0.15) is 0 Å². The molecule has 3 aliphatic rings. The van der Waals surface area contributed by atoms with E-state index in [9.17, 15) is 0 Å². The van der Waals surface area contributed by atoms with Gasteiger partial charge in [0.15, 0.2) is 0 Å². The van der Waals surface area contributed by atoms with Gasteiger partial charge in [0.2, 0.25) is 0 Å². The largest absolute Gasteiger partial charge is 0.640 e. The van der Waals surface area contributed by atoms with E-state index in [2.05, 4.69) is 20.8 Å². The predicted octanol–water partition coefficient (Wildman–Crippen LogP) is 1.19. The van der Waals surface area contributed by atoms with Crippen LogP contribution in [0.2, 0.25) is 0 Å². The highest BCUT2D eigenvalue weighted by atomic mass is 16.8. The minimum atomic E-state index is -0.510. The summed E-state index contributed by atoms with van der Waals surface area (Å²) in [6.45, 7) is 8.01. The summed E-state index contributed by atoms with van der Waals surface area (Å²) in [6, 6.07) is 0.0818. The van der Waals surface area contributed by atoms with Crippen molar-refractivity contribution in [3.05, 3.63) is 0 Å². The van der Waals surface area contributed by atoms with Gasteiger partial charge in [0.25, 0.3) is 0 Å². The first-order valence-electron chi connectivity index (χ1n) is 6.60. The van der Waals surface area contributed by atoms with Gasteiger partial charge >= 0.3 is 7.32 Å². The van der Waals surface area contributed by atoms with E-state index in [1.807, 2.05) is 0 Å². The molecule has 0 aromatic heterocycles. The van der Waals surface area contributed by atoms with Gasteiger partial charge in [0.1, 0.15) is 0 Å². The molecule has 0 aromatic rings. The highest BCUT2D eigenvalue weighted by Gasteiger charge is 2.64. The summed E-state index contributed by atoms with van der Waals surface area (Å²) in [5.74, 6) is 1.52. The van der Waals surface area contributed by atoms with Crippen molar-refractivity contribution in [2.75, 3.05) is 13.2 Å². The first kappa shape index (κ1) is 12.0. The van der Waals surface area contributed by atoms with E-state index in [0.717, 1.165) is 24.7 Å². The van der Waals surface area contributed by atoms with Gasteiger partial charge in [-0.1, -0.05) is 13.8 Å². The molecule has 0 bridgehead atoms. The van der Waals surface area contributed by atoms with Gasteiger partial charge in [0.05, 0.1) is 18.8 Å². The normalized spacial score (nSPS) is 48.0. The molecule has 5 heteroatoms. The second-order valence-corrected chi connectivity index (χ2v) is 6.54. The van der Waals surface area contributed by atoms with E-state index in [1.54, 1.807) is 0 Å². The van der Waals surface area contributed by atoms with Crippen LogP contribution in [0.25, 0.3) is 0 Å². The van der Waals surface area contributed by atoms with Crippen molar-refractivity contribution in [1.82, 2.24) is 0 Å². The third-order valence-electron chi connectivity index (χ3n) is 5.16. The van der Waals surface area contributed by atoms with Crippen LogP contribution in [0.1, 0.15) is 33.6 Å². The Hall–Kier alpha value is -0.0951. The first-order valence-corrected chi connectivity index (χ1v) is 6.60. The fourth-order valence-electron chi connectivity index (χ4n) is 3.60. The molecule has 96 valence electrons. The van der Waals surface area contributed by atoms with Crippen LogP contribution in [0.3, 0.4) is 0 Å². The number of hydrogen-bond acceptors (Lipinski definition) is 4. The molecule has 0 unspecified atom stereocenters. The monoisotopic (exact) mass is 239 g/mol. The summed E-state index contributed by atoms with van der Waals surface area (Å²) in [5.41, 5.74) is 6.43. The van der Waals surface area contributed by atoms with Crippen LogP contribution in [0.15, 0.2) is 0 Å². The second kappa shape index (κ2) is 3.70. The molecule has 1 aliphatic heterocycles. The molecule has 2 N–H and O–H groups in total. The third-order valence-corrected chi connectivity index (χ3v) is 5.16. The summed E-state index contributed by atoms with van der Waals surface area (Å²) < 4.78 is 16.7. The van der Waals surface area contributed by atoms with Crippen molar-refractivity contribution in [3.8, 4) is 0 Å². The molecule has 0 radical (unpaired) electrons. The molecule has 0 amide bonds. The molecule has 2 aliphatic carbocycles. The standard InChI is InChI=1S/C12H22BNO3/c1-11(2)8-6-10(14)12(3,7-9(8)11)17-13-15-4-5-16-13/h8-10H,4-7,14H2,1-3H3/t8-,9+,10-,12+/m1/s1. The van der Waals surface area contributed by atoms with Crippen molar-refractivity contribution in [1.29, 1.82) is 0 Å². The lowest BCUT2D eigenvalue weighted by molar-refractivity contribution is -0.0148. The topological polar surface area (TPSA) is 53.7 Å². The maximum absolute atomic E-state index is 6.29. The third kappa shape index (κ3) is 1.84. The Morgan fingerprint density at radius 1 is 1.18 bits per heavy atom. The van der Waals surface area contributed by atoms with Gasteiger partial charge in [0, 0.05) is 6.04 Å². The SMILES string of the molecule is CC1(C)[C@@H]2C[C@@H](N)[C@@](C)(OB3OCCO3)C[C@@H]21. The summed E-state index contributed by atoms with van der Waals surface area (Å²) in [5, 5.41) is 0. The van der Waals surface area contributed by atoms with Crippen LogP contribution in [0.4, 0.5) is 0 Å². The quantitative estimate of drug-likeness (QED) is 0.735. The summed E-state index contributed by atoms with van der Waals surface area (Å²) in [7, 11) is -0.510. The van der Waals surface area contributed by atoms with E-state index in [0.29, 0.717) is 18.6 Å². The summed E-state index contributed by atoms with van der Waals surface area (Å²) >= 11 is 0. The van der Waals surface area contributed by atoms with Crippen molar-refractivity contribution >= 4 is 7.32 Å². The van der Waals surface area contributed by atoms with Crippen LogP contribution < -0.4 is 5.73 Å². The van der Waals surface area contributed by atoms with Gasteiger partial charge in [-0.15, -0.1) is 0 Å². The number of rotatable bonds is 2. The number of hydrogen-bond donors (Lipinski definition) is 1. The average Bonchev–Trinajstić information content (AvgIpc) is 2.69. The minimum absolute atomic E-state index is 0.0818. The Morgan fingerprint density at radius 3 is 2.47 bits per heavy atom. The Bertz CT molecular complexity index is 315. The molecule has 3 rings (SSSR count). The molecule has 4 atom stereocenters. The average molecular weight is 239 g/mol. The van der Waals surface area contributed by atoms with Crippen LogP contribution in [0.5, 0.6) is 0 Å². The van der Waals surface area contributed by atoms with Gasteiger partial charge in [-0.05, 0) is 37.0 Å². The first-order chi connectivity index (χ1) is 7.93. The zero-order valence-electron chi connectivity index (χ0n) is 10.9. The maximum atomic E-state index is 6.29. The van der Waals surface area contributed by atoms with Crippen molar-refractivity contribution in [3.63, 3.8) is 0 Å². The minimum Gasteiger partial charge on any atom is -0.384 e. The van der Waals surface area contributed by atoms with Gasteiger partial charge in [-0.3, -0.25) is 0 Å². The van der Waals surface area contributed by atoms with Crippen molar-refractivity contribution in [2.24, 2.45) is 23.0 Å². The lowest BCUT2D eigenvalue weighted by Gasteiger charge is -2.39. The second-order valence-electron chi connectivity index (χ2n) is 6.54.